The third-order valence-electron chi connectivity index (χ3n) is 6.34. The first-order valence-corrected chi connectivity index (χ1v) is 11.0. The van der Waals surface area contributed by atoms with Crippen molar-refractivity contribution in [3.8, 4) is 0 Å². The van der Waals surface area contributed by atoms with Gasteiger partial charge in [0.1, 0.15) is 11.7 Å². The zero-order chi connectivity index (χ0) is 21.4. The van der Waals surface area contributed by atoms with Crippen LogP contribution in [0, 0.1) is 5.41 Å². The van der Waals surface area contributed by atoms with Crippen LogP contribution in [0.15, 0.2) is 6.07 Å². The Balaban J connectivity index is 1.93. The summed E-state index contributed by atoms with van der Waals surface area (Å²) < 4.78 is 7.11. The van der Waals surface area contributed by atoms with Crippen LogP contribution in [-0.2, 0) is 4.74 Å². The number of nitrogen functional groups attached to an aromatic ring is 1. The molecule has 0 saturated carbocycles. The molecule has 2 unspecified atom stereocenters. The SMILES string of the molecule is CCC1CN(C)CC(CC)N1c1cc(N2CCOCC2)nc2c1c(N)nn2C(C)=N. The summed E-state index contributed by atoms with van der Waals surface area (Å²) in [5, 5.41) is 13.5. The largest absolute Gasteiger partial charge is 0.382 e. The second-order valence-electron chi connectivity index (χ2n) is 8.43. The van der Waals surface area contributed by atoms with E-state index in [1.165, 1.54) is 0 Å². The maximum absolute atomic E-state index is 8.19. The van der Waals surface area contributed by atoms with Gasteiger partial charge in [0.25, 0.3) is 0 Å². The van der Waals surface area contributed by atoms with E-state index in [0.29, 0.717) is 42.6 Å². The Morgan fingerprint density at radius 3 is 2.40 bits per heavy atom. The van der Waals surface area contributed by atoms with Crippen molar-refractivity contribution in [2.24, 2.45) is 0 Å². The lowest BCUT2D eigenvalue weighted by atomic mass is 10.00. The van der Waals surface area contributed by atoms with Crippen LogP contribution in [0.4, 0.5) is 17.3 Å². The average molecular weight is 415 g/mol. The van der Waals surface area contributed by atoms with Crippen molar-refractivity contribution in [1.29, 1.82) is 5.41 Å². The van der Waals surface area contributed by atoms with Gasteiger partial charge in [0, 0.05) is 44.3 Å². The van der Waals surface area contributed by atoms with Gasteiger partial charge in [-0.2, -0.15) is 4.68 Å². The van der Waals surface area contributed by atoms with Crippen LogP contribution >= 0.6 is 0 Å². The van der Waals surface area contributed by atoms with Crippen molar-refractivity contribution in [3.63, 3.8) is 0 Å². The van der Waals surface area contributed by atoms with Gasteiger partial charge in [-0.15, -0.1) is 5.10 Å². The number of hydrogen-bond donors (Lipinski definition) is 2. The summed E-state index contributed by atoms with van der Waals surface area (Å²) in [6, 6.07) is 2.97. The lowest BCUT2D eigenvalue weighted by Crippen LogP contribution is -2.57. The molecule has 3 N–H and O–H groups in total. The highest BCUT2D eigenvalue weighted by molar-refractivity contribution is 6.03. The third-order valence-corrected chi connectivity index (χ3v) is 6.34. The standard InChI is InChI=1S/C21H34N8O/c1-5-15-12-26(4)13-16(6-2)28(15)17-11-18(27-7-9-30-10-8-27)24-21-19(17)20(23)25-29(21)14(3)22/h11,15-16,22H,5-10,12-13H2,1-4H3,(H2,23,25). The minimum atomic E-state index is 0.312. The number of nitrogens with two attached hydrogens (primary N) is 1. The Hall–Kier alpha value is -2.39. The number of ether oxygens (including phenoxy) is 1. The summed E-state index contributed by atoms with van der Waals surface area (Å²) in [5.74, 6) is 1.66. The Labute approximate surface area is 178 Å². The number of piperazine rings is 1. The van der Waals surface area contributed by atoms with Gasteiger partial charge in [-0.05, 0) is 26.8 Å². The van der Waals surface area contributed by atoms with E-state index in [4.69, 9.17) is 20.9 Å². The van der Waals surface area contributed by atoms with Gasteiger partial charge in [0.05, 0.1) is 24.3 Å². The van der Waals surface area contributed by atoms with Gasteiger partial charge < -0.3 is 25.2 Å². The number of anilines is 3. The molecule has 4 rings (SSSR count). The van der Waals surface area contributed by atoms with E-state index in [0.717, 1.165) is 55.9 Å². The van der Waals surface area contributed by atoms with E-state index in [1.807, 2.05) is 0 Å². The van der Waals surface area contributed by atoms with Crippen LogP contribution in [-0.4, -0.2) is 84.0 Å². The van der Waals surface area contributed by atoms with Crippen LogP contribution in [0.1, 0.15) is 33.6 Å². The highest BCUT2D eigenvalue weighted by atomic mass is 16.5. The van der Waals surface area contributed by atoms with Crippen molar-refractivity contribution in [1.82, 2.24) is 19.7 Å². The van der Waals surface area contributed by atoms with Crippen LogP contribution in [0.25, 0.3) is 11.0 Å². The number of nitrogens with one attached hydrogen (secondary N) is 1. The number of nitrogens with zero attached hydrogens (tertiary/aromatic N) is 6. The number of pyridine rings is 1. The highest BCUT2D eigenvalue weighted by Gasteiger charge is 2.34. The molecule has 0 aliphatic carbocycles. The third kappa shape index (κ3) is 3.60. The molecule has 30 heavy (non-hydrogen) atoms. The Kier molecular flexibility index (Phi) is 5.84. The Morgan fingerprint density at radius 1 is 1.20 bits per heavy atom. The number of rotatable bonds is 4. The fourth-order valence-electron chi connectivity index (χ4n) is 4.81. The first-order valence-electron chi connectivity index (χ1n) is 11.0. The van der Waals surface area contributed by atoms with Crippen molar-refractivity contribution in [2.45, 2.75) is 45.7 Å². The molecule has 2 saturated heterocycles. The van der Waals surface area contributed by atoms with Gasteiger partial charge in [-0.3, -0.25) is 5.41 Å². The fourth-order valence-corrected chi connectivity index (χ4v) is 4.81. The Bertz CT molecular complexity index is 905. The van der Waals surface area contributed by atoms with Crippen molar-refractivity contribution in [2.75, 3.05) is 62.0 Å². The monoisotopic (exact) mass is 414 g/mol. The molecular formula is C21H34N8O. The predicted octanol–water partition coefficient (Wildman–Crippen LogP) is 2.00. The summed E-state index contributed by atoms with van der Waals surface area (Å²) >= 11 is 0. The predicted molar refractivity (Wildman–Crippen MR) is 122 cm³/mol. The fraction of sp³-hybridized carbons (Fsp3) is 0.667. The van der Waals surface area contributed by atoms with Crippen molar-refractivity contribution in [3.05, 3.63) is 6.07 Å². The van der Waals surface area contributed by atoms with Gasteiger partial charge in [0.2, 0.25) is 0 Å². The topological polar surface area (TPSA) is 99.5 Å². The molecule has 0 radical (unpaired) electrons. The number of fused-ring (bicyclic) bond motifs is 1. The van der Waals surface area contributed by atoms with Crippen LogP contribution in [0.5, 0.6) is 0 Å². The van der Waals surface area contributed by atoms with E-state index >= 15 is 0 Å². The zero-order valence-corrected chi connectivity index (χ0v) is 18.6. The lowest BCUT2D eigenvalue weighted by Gasteiger charge is -2.47. The van der Waals surface area contributed by atoms with Crippen molar-refractivity contribution >= 4 is 34.2 Å². The molecule has 2 fully saturated rings. The molecular weight excluding hydrogens is 380 g/mol. The molecule has 0 aromatic carbocycles. The molecule has 164 valence electrons. The van der Waals surface area contributed by atoms with Gasteiger partial charge in [0.15, 0.2) is 11.5 Å². The van der Waals surface area contributed by atoms with E-state index in [1.54, 1.807) is 11.6 Å². The lowest BCUT2D eigenvalue weighted by molar-refractivity contribution is 0.122. The molecule has 0 spiro atoms. The van der Waals surface area contributed by atoms with E-state index in [-0.39, 0.29) is 0 Å². The van der Waals surface area contributed by atoms with E-state index in [2.05, 4.69) is 46.8 Å². The molecule has 2 aromatic heterocycles. The normalized spacial score (nSPS) is 23.3. The minimum absolute atomic E-state index is 0.312. The summed E-state index contributed by atoms with van der Waals surface area (Å²) in [4.78, 5) is 12.2. The molecule has 0 bridgehead atoms. The second-order valence-corrected chi connectivity index (χ2v) is 8.43. The summed E-state index contributed by atoms with van der Waals surface area (Å²) in [7, 11) is 2.20. The van der Waals surface area contributed by atoms with Gasteiger partial charge in [-0.25, -0.2) is 4.98 Å². The van der Waals surface area contributed by atoms with Crippen LogP contribution in [0.3, 0.4) is 0 Å². The molecule has 4 heterocycles. The van der Waals surface area contributed by atoms with E-state index < -0.39 is 0 Å². The smallest absolute Gasteiger partial charge is 0.170 e. The second kappa shape index (κ2) is 8.39. The first-order chi connectivity index (χ1) is 14.4. The van der Waals surface area contributed by atoms with Gasteiger partial charge >= 0.3 is 0 Å². The van der Waals surface area contributed by atoms with Gasteiger partial charge in [-0.1, -0.05) is 13.8 Å². The zero-order valence-electron chi connectivity index (χ0n) is 18.6. The highest BCUT2D eigenvalue weighted by Crippen LogP contribution is 2.38. The number of hydrogen-bond acceptors (Lipinski definition) is 8. The molecule has 9 heteroatoms. The molecule has 2 aliphatic rings. The van der Waals surface area contributed by atoms with Crippen LogP contribution in [0.2, 0.25) is 0 Å². The number of likely N-dealkylation sites (N-methyl/N-ethyl adjacent to an activating group) is 1. The summed E-state index contributed by atoms with van der Waals surface area (Å²) in [6.45, 7) is 11.3. The molecule has 2 atom stereocenters. The summed E-state index contributed by atoms with van der Waals surface area (Å²) in [6.07, 6.45) is 2.10. The quantitative estimate of drug-likeness (QED) is 0.583. The molecule has 2 aromatic rings. The maximum Gasteiger partial charge on any atom is 0.170 e. The first kappa shape index (κ1) is 20.9. The van der Waals surface area contributed by atoms with E-state index in [9.17, 15) is 0 Å². The maximum atomic E-state index is 8.19. The number of morpholine rings is 1. The summed E-state index contributed by atoms with van der Waals surface area (Å²) in [5.41, 5.74) is 8.18. The molecule has 0 amide bonds. The Morgan fingerprint density at radius 2 is 1.83 bits per heavy atom. The number of aromatic nitrogens is 3. The van der Waals surface area contributed by atoms with Crippen molar-refractivity contribution < 1.29 is 4.74 Å². The minimum Gasteiger partial charge on any atom is -0.382 e. The average Bonchev–Trinajstić information content (AvgIpc) is 3.10. The molecule has 9 nitrogen and oxygen atoms in total. The molecule has 2 aliphatic heterocycles. The van der Waals surface area contributed by atoms with Crippen LogP contribution < -0.4 is 15.5 Å².